The van der Waals surface area contributed by atoms with Crippen molar-refractivity contribution < 1.29 is 19.1 Å². The number of hydrogen-bond acceptors (Lipinski definition) is 4. The van der Waals surface area contributed by atoms with E-state index in [-0.39, 0.29) is 18.4 Å². The van der Waals surface area contributed by atoms with Gasteiger partial charge < -0.3 is 19.3 Å². The van der Waals surface area contributed by atoms with Gasteiger partial charge in [0.2, 0.25) is 0 Å². The highest BCUT2D eigenvalue weighted by Gasteiger charge is 2.36. The maximum Gasteiger partial charge on any atom is 0.260 e. The molecular weight excluding hydrogens is 392 g/mol. The summed E-state index contributed by atoms with van der Waals surface area (Å²) < 4.78 is 11.6. The van der Waals surface area contributed by atoms with Gasteiger partial charge in [0.15, 0.2) is 18.1 Å². The second-order valence-corrected chi connectivity index (χ2v) is 9.08. The van der Waals surface area contributed by atoms with Crippen LogP contribution in [0, 0.1) is 5.92 Å². The summed E-state index contributed by atoms with van der Waals surface area (Å²) in [5, 5.41) is 0. The molecule has 6 nitrogen and oxygen atoms in total. The molecule has 0 aromatic heterocycles. The number of amides is 2. The van der Waals surface area contributed by atoms with Crippen LogP contribution in [0.3, 0.4) is 0 Å². The van der Waals surface area contributed by atoms with Crippen molar-refractivity contribution in [1.29, 1.82) is 0 Å². The summed E-state index contributed by atoms with van der Waals surface area (Å²) in [5.74, 6) is 1.82. The predicted octanol–water partition coefficient (Wildman–Crippen LogP) is 4.27. The fraction of sp³-hybridized carbons (Fsp3) is 0.680. The minimum atomic E-state index is 0.00322. The number of carbonyl (C=O) groups is 2. The van der Waals surface area contributed by atoms with Crippen molar-refractivity contribution in [3.05, 3.63) is 23.8 Å². The number of benzene rings is 1. The van der Waals surface area contributed by atoms with Crippen molar-refractivity contribution in [2.45, 2.75) is 70.8 Å². The molecule has 2 heterocycles. The van der Waals surface area contributed by atoms with E-state index in [4.69, 9.17) is 9.47 Å². The van der Waals surface area contributed by atoms with Crippen molar-refractivity contribution in [2.75, 3.05) is 32.8 Å². The first kappa shape index (κ1) is 22.0. The lowest BCUT2D eigenvalue weighted by molar-refractivity contribution is -0.134. The molecule has 170 valence electrons. The maximum atomic E-state index is 13.4. The Labute approximate surface area is 185 Å². The van der Waals surface area contributed by atoms with Gasteiger partial charge in [-0.3, -0.25) is 9.59 Å². The van der Waals surface area contributed by atoms with E-state index in [0.29, 0.717) is 35.6 Å². The number of rotatable bonds is 6. The number of piperidine rings is 2. The van der Waals surface area contributed by atoms with Gasteiger partial charge in [0.25, 0.3) is 11.8 Å². The average molecular weight is 429 g/mol. The summed E-state index contributed by atoms with van der Waals surface area (Å²) in [6, 6.07) is 5.77. The first-order valence-electron chi connectivity index (χ1n) is 12.2. The zero-order valence-corrected chi connectivity index (χ0v) is 18.8. The summed E-state index contributed by atoms with van der Waals surface area (Å²) in [7, 11) is 0. The van der Waals surface area contributed by atoms with Crippen molar-refractivity contribution in [1.82, 2.24) is 9.80 Å². The largest absolute Gasteiger partial charge is 0.490 e. The molecule has 6 heteroatoms. The van der Waals surface area contributed by atoms with Crippen LogP contribution < -0.4 is 9.47 Å². The van der Waals surface area contributed by atoms with Crippen LogP contribution in [0.15, 0.2) is 18.2 Å². The Kier molecular flexibility index (Phi) is 7.36. The molecule has 3 aliphatic rings. The SMILES string of the molecule is CCOc1cc(C(=O)N2CCCC3CCCCC32)ccc1OCC(=O)N1CCCCC1. The highest BCUT2D eigenvalue weighted by Crippen LogP contribution is 2.37. The molecule has 0 N–H and O–H groups in total. The highest BCUT2D eigenvalue weighted by atomic mass is 16.5. The standard InChI is InChI=1S/C25H36N2O4/c1-2-30-23-17-20(25(29)27-16-8-10-19-9-4-5-11-21(19)27)12-13-22(23)31-18-24(28)26-14-6-3-7-15-26/h12-13,17,19,21H,2-11,14-16,18H2,1H3. The van der Waals surface area contributed by atoms with Crippen LogP contribution in [0.4, 0.5) is 0 Å². The van der Waals surface area contributed by atoms with Crippen LogP contribution in [-0.4, -0.2) is 60.5 Å². The quantitative estimate of drug-likeness (QED) is 0.679. The van der Waals surface area contributed by atoms with Gasteiger partial charge in [-0.15, -0.1) is 0 Å². The lowest BCUT2D eigenvalue weighted by Crippen LogP contribution is -2.49. The van der Waals surface area contributed by atoms with Gasteiger partial charge in [0.05, 0.1) is 6.61 Å². The third kappa shape index (κ3) is 5.16. The molecule has 31 heavy (non-hydrogen) atoms. The van der Waals surface area contributed by atoms with Gasteiger partial charge in [-0.25, -0.2) is 0 Å². The molecule has 0 bridgehead atoms. The average Bonchev–Trinajstić information content (AvgIpc) is 2.83. The van der Waals surface area contributed by atoms with Gasteiger partial charge >= 0.3 is 0 Å². The number of nitrogens with zero attached hydrogens (tertiary/aromatic N) is 2. The van der Waals surface area contributed by atoms with E-state index in [1.54, 1.807) is 12.1 Å². The van der Waals surface area contributed by atoms with E-state index in [0.717, 1.165) is 45.3 Å². The van der Waals surface area contributed by atoms with E-state index in [1.807, 2.05) is 17.9 Å². The zero-order valence-electron chi connectivity index (χ0n) is 18.8. The maximum absolute atomic E-state index is 13.4. The van der Waals surface area contributed by atoms with Crippen LogP contribution in [0.25, 0.3) is 0 Å². The minimum absolute atomic E-state index is 0.00322. The van der Waals surface area contributed by atoms with Gasteiger partial charge in [-0.05, 0) is 76.0 Å². The Morgan fingerprint density at radius 2 is 1.68 bits per heavy atom. The van der Waals surface area contributed by atoms with Crippen molar-refractivity contribution in [3.63, 3.8) is 0 Å². The summed E-state index contributed by atoms with van der Waals surface area (Å²) in [5.41, 5.74) is 0.643. The molecule has 1 saturated carbocycles. The third-order valence-corrected chi connectivity index (χ3v) is 7.05. The topological polar surface area (TPSA) is 59.1 Å². The van der Waals surface area contributed by atoms with Gasteiger partial charge in [-0.1, -0.05) is 12.8 Å². The first-order valence-corrected chi connectivity index (χ1v) is 12.2. The number of hydrogen-bond donors (Lipinski definition) is 0. The number of likely N-dealkylation sites (tertiary alicyclic amines) is 2. The van der Waals surface area contributed by atoms with Crippen LogP contribution in [0.5, 0.6) is 11.5 Å². The first-order chi connectivity index (χ1) is 15.2. The lowest BCUT2D eigenvalue weighted by atomic mass is 9.78. The van der Waals surface area contributed by atoms with E-state index in [1.165, 1.54) is 32.1 Å². The summed E-state index contributed by atoms with van der Waals surface area (Å²) in [6.45, 7) is 4.85. The molecule has 2 aliphatic heterocycles. The van der Waals surface area contributed by atoms with E-state index < -0.39 is 0 Å². The fourth-order valence-corrected chi connectivity index (χ4v) is 5.45. The molecule has 2 saturated heterocycles. The predicted molar refractivity (Wildman–Crippen MR) is 120 cm³/mol. The van der Waals surface area contributed by atoms with E-state index in [2.05, 4.69) is 4.90 Å². The second kappa shape index (κ2) is 10.4. The van der Waals surface area contributed by atoms with Crippen molar-refractivity contribution >= 4 is 11.8 Å². The fourth-order valence-electron chi connectivity index (χ4n) is 5.45. The van der Waals surface area contributed by atoms with E-state index >= 15 is 0 Å². The zero-order chi connectivity index (χ0) is 21.6. The second-order valence-electron chi connectivity index (χ2n) is 9.08. The number of ether oxygens (including phenoxy) is 2. The molecule has 1 aromatic rings. The highest BCUT2D eigenvalue weighted by molar-refractivity contribution is 5.95. The van der Waals surface area contributed by atoms with Crippen molar-refractivity contribution in [3.8, 4) is 11.5 Å². The Morgan fingerprint density at radius 1 is 0.903 bits per heavy atom. The molecule has 1 aliphatic carbocycles. The van der Waals surface area contributed by atoms with Crippen LogP contribution in [0.1, 0.15) is 75.1 Å². The molecule has 2 unspecified atom stereocenters. The lowest BCUT2D eigenvalue weighted by Gasteiger charge is -2.44. The Hall–Kier alpha value is -2.24. The minimum Gasteiger partial charge on any atom is -0.490 e. The summed E-state index contributed by atoms with van der Waals surface area (Å²) >= 11 is 0. The molecule has 2 atom stereocenters. The van der Waals surface area contributed by atoms with Crippen LogP contribution in [0.2, 0.25) is 0 Å². The van der Waals surface area contributed by atoms with Gasteiger partial charge in [-0.2, -0.15) is 0 Å². The molecule has 1 aromatic carbocycles. The summed E-state index contributed by atoms with van der Waals surface area (Å²) in [6.07, 6.45) is 10.5. The molecule has 0 radical (unpaired) electrons. The number of fused-ring (bicyclic) bond motifs is 1. The molecular formula is C25H36N2O4. The Bertz CT molecular complexity index is 773. The van der Waals surface area contributed by atoms with Gasteiger partial charge in [0, 0.05) is 31.2 Å². The third-order valence-electron chi connectivity index (χ3n) is 7.05. The van der Waals surface area contributed by atoms with E-state index in [9.17, 15) is 9.59 Å². The summed E-state index contributed by atoms with van der Waals surface area (Å²) in [4.78, 5) is 29.8. The Balaban J connectivity index is 1.44. The molecule has 4 rings (SSSR count). The molecule has 0 spiro atoms. The van der Waals surface area contributed by atoms with Gasteiger partial charge in [0.1, 0.15) is 0 Å². The number of carbonyl (C=O) groups excluding carboxylic acids is 2. The monoisotopic (exact) mass is 428 g/mol. The Morgan fingerprint density at radius 3 is 2.48 bits per heavy atom. The van der Waals surface area contributed by atoms with Crippen LogP contribution >= 0.6 is 0 Å². The van der Waals surface area contributed by atoms with Crippen molar-refractivity contribution in [2.24, 2.45) is 5.92 Å². The smallest absolute Gasteiger partial charge is 0.260 e. The normalized spacial score (nSPS) is 23.8. The molecule has 2 amide bonds. The van der Waals surface area contributed by atoms with Crippen LogP contribution in [-0.2, 0) is 4.79 Å². The molecule has 3 fully saturated rings.